The van der Waals surface area contributed by atoms with E-state index in [1.54, 1.807) is 26.0 Å². The molecular formula is C16H20N2O4. The monoisotopic (exact) mass is 304 g/mol. The zero-order chi connectivity index (χ0) is 16.3. The van der Waals surface area contributed by atoms with Gasteiger partial charge in [0.15, 0.2) is 5.82 Å². The predicted molar refractivity (Wildman–Crippen MR) is 82.2 cm³/mol. The zero-order valence-corrected chi connectivity index (χ0v) is 13.2. The lowest BCUT2D eigenvalue weighted by molar-refractivity contribution is 0.102. The van der Waals surface area contributed by atoms with Crippen molar-refractivity contribution in [2.24, 2.45) is 0 Å². The molecule has 0 aliphatic rings. The lowest BCUT2D eigenvalue weighted by atomic mass is 10.0. The average Bonchev–Trinajstić information content (AvgIpc) is 2.83. The molecule has 2 heterocycles. The molecule has 0 aliphatic heterocycles. The number of amides is 1. The molecule has 1 N–H and O–H groups in total. The molecule has 2 aromatic heterocycles. The summed E-state index contributed by atoms with van der Waals surface area (Å²) >= 11 is 0. The standard InChI is InChI=1S/C16H20N2O4/c1-5-6-9(2)12-7-10(3)14(16(20)21-12)15(19)17-13-8-11(4)22-18-13/h7-9H,5-6H2,1-4H3,(H,17,18,19). The molecule has 0 saturated heterocycles. The van der Waals surface area contributed by atoms with Gasteiger partial charge in [-0.05, 0) is 31.9 Å². The highest BCUT2D eigenvalue weighted by Crippen LogP contribution is 2.21. The Balaban J connectivity index is 2.27. The molecule has 2 aromatic rings. The first-order valence-corrected chi connectivity index (χ1v) is 7.31. The van der Waals surface area contributed by atoms with Crippen LogP contribution in [0.3, 0.4) is 0 Å². The van der Waals surface area contributed by atoms with Crippen LogP contribution < -0.4 is 10.9 Å². The van der Waals surface area contributed by atoms with Crippen molar-refractivity contribution in [2.45, 2.75) is 46.5 Å². The number of aryl methyl sites for hydroxylation is 2. The van der Waals surface area contributed by atoms with Gasteiger partial charge in [-0.2, -0.15) is 0 Å². The number of hydrogen-bond acceptors (Lipinski definition) is 5. The van der Waals surface area contributed by atoms with Crippen LogP contribution in [0, 0.1) is 13.8 Å². The second-order valence-corrected chi connectivity index (χ2v) is 5.46. The van der Waals surface area contributed by atoms with Gasteiger partial charge in [0.25, 0.3) is 5.91 Å². The molecule has 2 rings (SSSR count). The van der Waals surface area contributed by atoms with Crippen molar-refractivity contribution in [3.63, 3.8) is 0 Å². The minimum absolute atomic E-state index is 0.00639. The average molecular weight is 304 g/mol. The first-order chi connectivity index (χ1) is 10.4. The van der Waals surface area contributed by atoms with Crippen LogP contribution in [0.15, 0.2) is 25.9 Å². The normalized spacial score (nSPS) is 12.2. The molecule has 6 heteroatoms. The van der Waals surface area contributed by atoms with Gasteiger partial charge in [-0.1, -0.05) is 25.4 Å². The summed E-state index contributed by atoms with van der Waals surface area (Å²) < 4.78 is 10.2. The molecule has 1 unspecified atom stereocenters. The van der Waals surface area contributed by atoms with Gasteiger partial charge >= 0.3 is 5.63 Å². The second kappa shape index (κ2) is 6.60. The number of rotatable bonds is 5. The van der Waals surface area contributed by atoms with Gasteiger partial charge in [0.05, 0.1) is 0 Å². The fraction of sp³-hybridized carbons (Fsp3) is 0.438. The first kappa shape index (κ1) is 16.0. The minimum Gasteiger partial charge on any atom is -0.427 e. The largest absolute Gasteiger partial charge is 0.427 e. The Bertz CT molecular complexity index is 730. The van der Waals surface area contributed by atoms with Crippen LogP contribution in [0.5, 0.6) is 0 Å². The van der Waals surface area contributed by atoms with Gasteiger partial charge in [-0.25, -0.2) is 4.79 Å². The number of nitrogens with zero attached hydrogens (tertiary/aromatic N) is 1. The van der Waals surface area contributed by atoms with Crippen molar-refractivity contribution in [1.29, 1.82) is 0 Å². The van der Waals surface area contributed by atoms with Crippen LogP contribution in [0.25, 0.3) is 0 Å². The van der Waals surface area contributed by atoms with Gasteiger partial charge < -0.3 is 14.3 Å². The van der Waals surface area contributed by atoms with Crippen LogP contribution in [0.4, 0.5) is 5.82 Å². The second-order valence-electron chi connectivity index (χ2n) is 5.46. The summed E-state index contributed by atoms with van der Waals surface area (Å²) in [6, 6.07) is 3.33. The predicted octanol–water partition coefficient (Wildman–Crippen LogP) is 3.40. The summed E-state index contributed by atoms with van der Waals surface area (Å²) in [5, 5.41) is 6.20. The van der Waals surface area contributed by atoms with Gasteiger partial charge in [0, 0.05) is 12.0 Å². The van der Waals surface area contributed by atoms with E-state index < -0.39 is 11.5 Å². The van der Waals surface area contributed by atoms with E-state index in [2.05, 4.69) is 17.4 Å². The number of carbonyl (C=O) groups is 1. The lowest BCUT2D eigenvalue weighted by Crippen LogP contribution is -2.23. The summed E-state index contributed by atoms with van der Waals surface area (Å²) in [5.74, 6) is 1.05. The van der Waals surface area contributed by atoms with Crippen molar-refractivity contribution in [1.82, 2.24) is 5.16 Å². The van der Waals surface area contributed by atoms with Gasteiger partial charge in [0.2, 0.25) is 0 Å². The topological polar surface area (TPSA) is 85.3 Å². The SMILES string of the molecule is CCCC(C)c1cc(C)c(C(=O)Nc2cc(C)on2)c(=O)o1. The highest BCUT2D eigenvalue weighted by molar-refractivity contribution is 6.04. The van der Waals surface area contributed by atoms with Crippen LogP contribution >= 0.6 is 0 Å². The van der Waals surface area contributed by atoms with Crippen LogP contribution in [-0.2, 0) is 0 Å². The number of aromatic nitrogens is 1. The Labute approximate surface area is 128 Å². The molecular weight excluding hydrogens is 284 g/mol. The molecule has 0 radical (unpaired) electrons. The van der Waals surface area contributed by atoms with E-state index in [1.165, 1.54) is 0 Å². The molecule has 0 aliphatic carbocycles. The van der Waals surface area contributed by atoms with E-state index >= 15 is 0 Å². The summed E-state index contributed by atoms with van der Waals surface area (Å²) in [6.45, 7) is 7.51. The van der Waals surface area contributed by atoms with E-state index in [-0.39, 0.29) is 17.3 Å². The maximum atomic E-state index is 12.2. The molecule has 118 valence electrons. The fourth-order valence-corrected chi connectivity index (χ4v) is 2.33. The van der Waals surface area contributed by atoms with Gasteiger partial charge in [-0.3, -0.25) is 4.79 Å². The zero-order valence-electron chi connectivity index (χ0n) is 13.2. The van der Waals surface area contributed by atoms with Crippen molar-refractivity contribution in [2.75, 3.05) is 5.32 Å². The maximum Gasteiger partial charge on any atom is 0.349 e. The Morgan fingerprint density at radius 1 is 1.36 bits per heavy atom. The summed E-state index contributed by atoms with van der Waals surface area (Å²) in [5.41, 5.74) is -0.0457. The van der Waals surface area contributed by atoms with E-state index in [4.69, 9.17) is 8.94 Å². The molecule has 0 saturated carbocycles. The highest BCUT2D eigenvalue weighted by Gasteiger charge is 2.19. The van der Waals surface area contributed by atoms with E-state index in [0.717, 1.165) is 12.8 Å². The molecule has 1 atom stereocenters. The smallest absolute Gasteiger partial charge is 0.349 e. The molecule has 0 spiro atoms. The summed E-state index contributed by atoms with van der Waals surface area (Å²) in [7, 11) is 0. The molecule has 0 aromatic carbocycles. The van der Waals surface area contributed by atoms with E-state index in [9.17, 15) is 9.59 Å². The first-order valence-electron chi connectivity index (χ1n) is 7.31. The molecule has 6 nitrogen and oxygen atoms in total. The number of anilines is 1. The maximum absolute atomic E-state index is 12.2. The van der Waals surface area contributed by atoms with Crippen molar-refractivity contribution < 1.29 is 13.7 Å². The van der Waals surface area contributed by atoms with Gasteiger partial charge in [0.1, 0.15) is 17.1 Å². The van der Waals surface area contributed by atoms with Crippen LogP contribution in [0.1, 0.15) is 60.0 Å². The number of carbonyl (C=O) groups excluding carboxylic acids is 1. The quantitative estimate of drug-likeness (QED) is 0.915. The fourth-order valence-electron chi connectivity index (χ4n) is 2.33. The van der Waals surface area contributed by atoms with Crippen LogP contribution in [0.2, 0.25) is 0 Å². The Hall–Kier alpha value is -2.37. The molecule has 1 amide bonds. The lowest BCUT2D eigenvalue weighted by Gasteiger charge is -2.11. The third-order valence-electron chi connectivity index (χ3n) is 3.47. The van der Waals surface area contributed by atoms with Crippen molar-refractivity contribution in [3.05, 3.63) is 45.2 Å². The number of hydrogen-bond donors (Lipinski definition) is 1. The Morgan fingerprint density at radius 2 is 2.09 bits per heavy atom. The third kappa shape index (κ3) is 3.44. The van der Waals surface area contributed by atoms with Crippen LogP contribution in [-0.4, -0.2) is 11.1 Å². The third-order valence-corrected chi connectivity index (χ3v) is 3.47. The van der Waals surface area contributed by atoms with Gasteiger partial charge in [-0.15, -0.1) is 0 Å². The number of nitrogens with one attached hydrogen (secondary N) is 1. The highest BCUT2D eigenvalue weighted by atomic mass is 16.5. The summed E-state index contributed by atoms with van der Waals surface area (Å²) in [6.07, 6.45) is 1.92. The minimum atomic E-state index is -0.629. The molecule has 0 bridgehead atoms. The molecule has 22 heavy (non-hydrogen) atoms. The Morgan fingerprint density at radius 3 is 2.64 bits per heavy atom. The summed E-state index contributed by atoms with van der Waals surface area (Å²) in [4.78, 5) is 24.4. The van der Waals surface area contributed by atoms with Crippen molar-refractivity contribution in [3.8, 4) is 0 Å². The molecule has 0 fully saturated rings. The van der Waals surface area contributed by atoms with E-state index in [1.807, 2.05) is 6.92 Å². The van der Waals surface area contributed by atoms with Crippen molar-refractivity contribution >= 4 is 11.7 Å². The van der Waals surface area contributed by atoms with E-state index in [0.29, 0.717) is 17.1 Å². The Kier molecular flexibility index (Phi) is 4.80.